The fraction of sp³-hybridized carbons (Fsp3) is 1.00. The largest absolute Gasteiger partial charge is 0.415 e. The molecule has 0 aromatic carbocycles. The van der Waals surface area contributed by atoms with E-state index in [0.717, 1.165) is 0 Å². The van der Waals surface area contributed by atoms with Gasteiger partial charge in [0.15, 0.2) is 0 Å². The van der Waals surface area contributed by atoms with Gasteiger partial charge in [0.25, 0.3) is 0 Å². The van der Waals surface area contributed by atoms with Gasteiger partial charge in [-0.05, 0) is 6.04 Å². The van der Waals surface area contributed by atoms with Crippen LogP contribution in [0.3, 0.4) is 0 Å². The maximum Gasteiger partial charge on any atom is 0.229 e. The van der Waals surface area contributed by atoms with Crippen LogP contribution in [0.5, 0.6) is 0 Å². The Bertz CT molecular complexity index is 89.4. The van der Waals surface area contributed by atoms with Gasteiger partial charge in [-0.2, -0.15) is 0 Å². The Morgan fingerprint density at radius 2 is 1.79 bits per heavy atom. The molecule has 0 aromatic rings. The lowest BCUT2D eigenvalue weighted by Crippen LogP contribution is -2.10. The predicted octanol–water partition coefficient (Wildman–Crippen LogP) is 1.89. The molecule has 2 radical (unpaired) electrons. The van der Waals surface area contributed by atoms with Crippen LogP contribution < -0.4 is 0 Å². The van der Waals surface area contributed by atoms with Crippen molar-refractivity contribution in [3.8, 4) is 0 Å². The molecule has 0 bridgehead atoms. The van der Waals surface area contributed by atoms with Gasteiger partial charge in [-0.15, -0.1) is 0 Å². The average Bonchev–Trinajstić information content (AvgIpc) is 2.21. The van der Waals surface area contributed by atoms with E-state index in [9.17, 15) is 0 Å². The standard InChI is InChI=1S/C10H22O3Si/c1-3-4-5-10-14-13-9-8-12-7-6-11-2/h3-10H2,1-2H3. The highest BCUT2D eigenvalue weighted by molar-refractivity contribution is 6.26. The number of hydrogen-bond acceptors (Lipinski definition) is 3. The van der Waals surface area contributed by atoms with Gasteiger partial charge < -0.3 is 13.9 Å². The van der Waals surface area contributed by atoms with E-state index in [0.29, 0.717) is 36.2 Å². The Labute approximate surface area is 90.1 Å². The lowest BCUT2D eigenvalue weighted by Gasteiger charge is -2.04. The molecule has 0 saturated heterocycles. The molecule has 14 heavy (non-hydrogen) atoms. The van der Waals surface area contributed by atoms with Crippen molar-refractivity contribution in [2.75, 3.05) is 33.5 Å². The minimum atomic E-state index is 0.643. The van der Waals surface area contributed by atoms with Crippen LogP contribution in [0, 0.1) is 0 Å². The molecule has 0 atom stereocenters. The van der Waals surface area contributed by atoms with E-state index in [1.54, 1.807) is 7.11 Å². The molecule has 0 heterocycles. The molecular weight excluding hydrogens is 196 g/mol. The fourth-order valence-corrected chi connectivity index (χ4v) is 1.70. The third-order valence-electron chi connectivity index (χ3n) is 1.75. The molecule has 0 aliphatic carbocycles. The number of methoxy groups -OCH3 is 1. The molecule has 0 unspecified atom stereocenters. The Morgan fingerprint density at radius 3 is 2.50 bits per heavy atom. The van der Waals surface area contributed by atoms with E-state index in [1.807, 2.05) is 0 Å². The highest BCUT2D eigenvalue weighted by atomic mass is 28.2. The first-order valence-corrected chi connectivity index (χ1v) is 6.44. The SMILES string of the molecule is CCCCC[Si]OCCOCCOC. The highest BCUT2D eigenvalue weighted by Gasteiger charge is 1.92. The van der Waals surface area contributed by atoms with E-state index in [1.165, 1.54) is 25.3 Å². The first-order chi connectivity index (χ1) is 6.91. The van der Waals surface area contributed by atoms with Crippen molar-refractivity contribution in [3.05, 3.63) is 0 Å². The summed E-state index contributed by atoms with van der Waals surface area (Å²) in [7, 11) is 2.32. The molecule has 4 heteroatoms. The maximum atomic E-state index is 5.42. The minimum absolute atomic E-state index is 0.643. The summed E-state index contributed by atoms with van der Waals surface area (Å²) in [5, 5.41) is 0. The molecule has 84 valence electrons. The number of rotatable bonds is 11. The lowest BCUT2D eigenvalue weighted by molar-refractivity contribution is 0.0549. The molecular formula is C10H22O3Si. The second kappa shape index (κ2) is 13.1. The maximum absolute atomic E-state index is 5.42. The average molecular weight is 218 g/mol. The van der Waals surface area contributed by atoms with E-state index < -0.39 is 0 Å². The van der Waals surface area contributed by atoms with E-state index in [2.05, 4.69) is 6.92 Å². The van der Waals surface area contributed by atoms with Crippen molar-refractivity contribution in [1.82, 2.24) is 0 Å². The first kappa shape index (κ1) is 14.1. The second-order valence-corrected chi connectivity index (χ2v) is 4.13. The van der Waals surface area contributed by atoms with Crippen LogP contribution in [0.25, 0.3) is 0 Å². The smallest absolute Gasteiger partial charge is 0.229 e. The van der Waals surface area contributed by atoms with Crippen molar-refractivity contribution in [3.63, 3.8) is 0 Å². The number of hydrogen-bond donors (Lipinski definition) is 0. The quantitative estimate of drug-likeness (QED) is 0.391. The molecule has 3 nitrogen and oxygen atoms in total. The van der Waals surface area contributed by atoms with Gasteiger partial charge in [-0.25, -0.2) is 0 Å². The second-order valence-electron chi connectivity index (χ2n) is 3.06. The van der Waals surface area contributed by atoms with E-state index >= 15 is 0 Å². The van der Waals surface area contributed by atoms with E-state index in [-0.39, 0.29) is 0 Å². The Balaban J connectivity index is 2.78. The Morgan fingerprint density at radius 1 is 1.00 bits per heavy atom. The third kappa shape index (κ3) is 12.1. The molecule has 0 amide bonds. The molecule has 0 rings (SSSR count). The van der Waals surface area contributed by atoms with Crippen molar-refractivity contribution < 1.29 is 13.9 Å². The molecule has 0 N–H and O–H groups in total. The van der Waals surface area contributed by atoms with Gasteiger partial charge >= 0.3 is 0 Å². The number of ether oxygens (including phenoxy) is 2. The normalized spacial score (nSPS) is 10.7. The van der Waals surface area contributed by atoms with Gasteiger partial charge in [-0.1, -0.05) is 26.2 Å². The van der Waals surface area contributed by atoms with Crippen molar-refractivity contribution >= 4 is 9.76 Å². The van der Waals surface area contributed by atoms with Crippen LogP contribution in [-0.2, 0) is 13.9 Å². The summed E-state index contributed by atoms with van der Waals surface area (Å²) in [6, 6.07) is 1.20. The molecule has 0 aliphatic heterocycles. The fourth-order valence-electron chi connectivity index (χ4n) is 0.936. The lowest BCUT2D eigenvalue weighted by atomic mass is 10.3. The zero-order valence-electron chi connectivity index (χ0n) is 9.38. The topological polar surface area (TPSA) is 27.7 Å². The van der Waals surface area contributed by atoms with Crippen molar-refractivity contribution in [2.45, 2.75) is 32.2 Å². The minimum Gasteiger partial charge on any atom is -0.415 e. The predicted molar refractivity (Wildman–Crippen MR) is 58.7 cm³/mol. The van der Waals surface area contributed by atoms with E-state index in [4.69, 9.17) is 13.9 Å². The molecule has 0 spiro atoms. The molecule has 0 fully saturated rings. The molecule has 0 aromatic heterocycles. The van der Waals surface area contributed by atoms with Crippen LogP contribution in [0.15, 0.2) is 0 Å². The summed E-state index contributed by atoms with van der Waals surface area (Å²) in [4.78, 5) is 0. The third-order valence-corrected chi connectivity index (χ3v) is 2.71. The summed E-state index contributed by atoms with van der Waals surface area (Å²) in [5.74, 6) is 0. The van der Waals surface area contributed by atoms with Gasteiger partial charge in [0, 0.05) is 7.11 Å². The summed E-state index contributed by atoms with van der Waals surface area (Å²) in [6.07, 6.45) is 3.89. The monoisotopic (exact) mass is 218 g/mol. The highest BCUT2D eigenvalue weighted by Crippen LogP contribution is 1.98. The molecule has 0 saturated carbocycles. The summed E-state index contributed by atoms with van der Waals surface area (Å²) in [5.41, 5.74) is 0. The van der Waals surface area contributed by atoms with Crippen LogP contribution >= 0.6 is 0 Å². The van der Waals surface area contributed by atoms with Gasteiger partial charge in [0.05, 0.1) is 26.4 Å². The number of unbranched alkanes of at least 4 members (excludes halogenated alkanes) is 2. The Hall–Kier alpha value is 0.0969. The summed E-state index contributed by atoms with van der Waals surface area (Å²) in [6.45, 7) is 4.95. The van der Waals surface area contributed by atoms with Crippen molar-refractivity contribution in [1.29, 1.82) is 0 Å². The van der Waals surface area contributed by atoms with Gasteiger partial charge in [0.1, 0.15) is 0 Å². The van der Waals surface area contributed by atoms with Gasteiger partial charge in [-0.3, -0.25) is 0 Å². The summed E-state index contributed by atoms with van der Waals surface area (Å²) >= 11 is 0. The summed E-state index contributed by atoms with van der Waals surface area (Å²) < 4.78 is 15.5. The van der Waals surface area contributed by atoms with Crippen LogP contribution in [0.1, 0.15) is 26.2 Å². The van der Waals surface area contributed by atoms with Gasteiger partial charge in [0.2, 0.25) is 9.76 Å². The Kier molecular flexibility index (Phi) is 13.2. The van der Waals surface area contributed by atoms with Crippen LogP contribution in [0.4, 0.5) is 0 Å². The molecule has 0 aliphatic rings. The van der Waals surface area contributed by atoms with Crippen LogP contribution in [-0.4, -0.2) is 43.3 Å². The first-order valence-electron chi connectivity index (χ1n) is 5.33. The zero-order valence-corrected chi connectivity index (χ0v) is 10.4. The zero-order chi connectivity index (χ0) is 10.5. The van der Waals surface area contributed by atoms with Crippen molar-refractivity contribution in [2.24, 2.45) is 0 Å². The van der Waals surface area contributed by atoms with Crippen LogP contribution in [0.2, 0.25) is 6.04 Å².